The first-order chi connectivity index (χ1) is 8.22. The van der Waals surface area contributed by atoms with E-state index in [1.54, 1.807) is 6.20 Å². The standard InChI is InChI=1S/C9H15F3N3O2S/c1-2-14-3-4-15(8-14)5-6-18(16,17)13-7-9(10,11)12/h2H,1,3-8H2/q-1. The van der Waals surface area contributed by atoms with E-state index in [0.717, 1.165) is 6.54 Å². The predicted octanol–water partition coefficient (Wildman–Crippen LogP) is 0.971. The Bertz CT molecular complexity index is 383. The number of hydrogen-bond donors (Lipinski definition) is 0. The molecule has 1 saturated heterocycles. The Morgan fingerprint density at radius 3 is 2.50 bits per heavy atom. The normalized spacial score (nSPS) is 18.3. The summed E-state index contributed by atoms with van der Waals surface area (Å²) < 4.78 is 60.7. The Morgan fingerprint density at radius 1 is 1.33 bits per heavy atom. The van der Waals surface area contributed by atoms with Crippen LogP contribution in [0.1, 0.15) is 0 Å². The van der Waals surface area contributed by atoms with Crippen LogP contribution in [0, 0.1) is 0 Å². The molecule has 18 heavy (non-hydrogen) atoms. The fourth-order valence-electron chi connectivity index (χ4n) is 1.48. The Hall–Kier alpha value is -0.800. The highest BCUT2D eigenvalue weighted by Crippen LogP contribution is 2.19. The summed E-state index contributed by atoms with van der Waals surface area (Å²) in [5.41, 5.74) is 0. The number of hydrogen-bond acceptors (Lipinski definition) is 4. The molecule has 0 N–H and O–H groups in total. The molecule has 0 bridgehead atoms. The highest BCUT2D eigenvalue weighted by Gasteiger charge is 2.23. The van der Waals surface area contributed by atoms with Gasteiger partial charge in [0.2, 0.25) is 0 Å². The van der Waals surface area contributed by atoms with Crippen LogP contribution < -0.4 is 0 Å². The van der Waals surface area contributed by atoms with Crippen molar-refractivity contribution in [3.8, 4) is 0 Å². The summed E-state index contributed by atoms with van der Waals surface area (Å²) in [6.07, 6.45) is -2.94. The van der Waals surface area contributed by atoms with E-state index in [9.17, 15) is 21.6 Å². The molecule has 0 atom stereocenters. The topological polar surface area (TPSA) is 54.7 Å². The van der Waals surface area contributed by atoms with E-state index in [-0.39, 0.29) is 6.54 Å². The van der Waals surface area contributed by atoms with Crippen LogP contribution in [0.5, 0.6) is 0 Å². The summed E-state index contributed by atoms with van der Waals surface area (Å²) in [5, 5.41) is 0. The third-order valence-corrected chi connectivity index (χ3v) is 3.67. The summed E-state index contributed by atoms with van der Waals surface area (Å²) in [4.78, 5) is 3.71. The highest BCUT2D eigenvalue weighted by atomic mass is 32.2. The second-order valence-electron chi connectivity index (χ2n) is 3.94. The third kappa shape index (κ3) is 5.69. The molecule has 106 valence electrons. The Kier molecular flexibility index (Phi) is 5.00. The summed E-state index contributed by atoms with van der Waals surface area (Å²) in [5.74, 6) is -0.395. The fourth-order valence-corrected chi connectivity index (χ4v) is 2.44. The molecular weight excluding hydrogens is 271 g/mol. The molecule has 0 radical (unpaired) electrons. The Labute approximate surface area is 104 Å². The largest absolute Gasteiger partial charge is 0.542 e. The van der Waals surface area contributed by atoms with Crippen molar-refractivity contribution in [2.75, 3.05) is 38.6 Å². The first-order valence-electron chi connectivity index (χ1n) is 5.29. The van der Waals surface area contributed by atoms with E-state index in [2.05, 4.69) is 11.3 Å². The smallest absolute Gasteiger partial charge is 0.371 e. The van der Waals surface area contributed by atoms with E-state index in [4.69, 9.17) is 0 Å². The van der Waals surface area contributed by atoms with Crippen molar-refractivity contribution in [2.24, 2.45) is 0 Å². The van der Waals surface area contributed by atoms with E-state index >= 15 is 0 Å². The maximum atomic E-state index is 11.8. The van der Waals surface area contributed by atoms with Crippen LogP contribution in [0.2, 0.25) is 0 Å². The fraction of sp³-hybridized carbons (Fsp3) is 0.778. The predicted molar refractivity (Wildman–Crippen MR) is 61.4 cm³/mol. The zero-order valence-electron chi connectivity index (χ0n) is 9.73. The van der Waals surface area contributed by atoms with Gasteiger partial charge in [-0.15, -0.1) is 0 Å². The van der Waals surface area contributed by atoms with Gasteiger partial charge in [0.15, 0.2) is 0 Å². The minimum absolute atomic E-state index is 0.175. The van der Waals surface area contributed by atoms with E-state index in [1.807, 2.05) is 9.80 Å². The molecule has 1 aliphatic heterocycles. The lowest BCUT2D eigenvalue weighted by Crippen LogP contribution is -2.29. The maximum absolute atomic E-state index is 11.8. The minimum Gasteiger partial charge on any atom is -0.542 e. The van der Waals surface area contributed by atoms with E-state index in [0.29, 0.717) is 13.2 Å². The van der Waals surface area contributed by atoms with Gasteiger partial charge >= 0.3 is 6.18 Å². The number of sulfonamides is 1. The van der Waals surface area contributed by atoms with Crippen molar-refractivity contribution in [3.63, 3.8) is 0 Å². The average molecular weight is 286 g/mol. The van der Waals surface area contributed by atoms with Crippen molar-refractivity contribution >= 4 is 10.0 Å². The van der Waals surface area contributed by atoms with Crippen molar-refractivity contribution < 1.29 is 21.6 Å². The molecule has 5 nitrogen and oxygen atoms in total. The molecule has 0 unspecified atom stereocenters. The number of halogens is 3. The van der Waals surface area contributed by atoms with Gasteiger partial charge < -0.3 is 9.62 Å². The summed E-state index contributed by atoms with van der Waals surface area (Å²) >= 11 is 0. The third-order valence-electron chi connectivity index (χ3n) is 2.45. The van der Waals surface area contributed by atoms with Crippen molar-refractivity contribution in [2.45, 2.75) is 6.18 Å². The lowest BCUT2D eigenvalue weighted by Gasteiger charge is -2.23. The van der Waals surface area contributed by atoms with Gasteiger partial charge in [-0.25, -0.2) is 8.42 Å². The monoisotopic (exact) mass is 286 g/mol. The van der Waals surface area contributed by atoms with Gasteiger partial charge in [-0.2, -0.15) is 13.2 Å². The van der Waals surface area contributed by atoms with Gasteiger partial charge in [0.05, 0.1) is 16.7 Å². The molecule has 0 aromatic rings. The summed E-state index contributed by atoms with van der Waals surface area (Å²) in [6.45, 7) is 4.06. The van der Waals surface area contributed by atoms with Gasteiger partial charge in [-0.05, 0) is 12.7 Å². The summed E-state index contributed by atoms with van der Waals surface area (Å²) in [7, 11) is -4.01. The van der Waals surface area contributed by atoms with Gasteiger partial charge in [-0.1, -0.05) is 6.58 Å². The minimum atomic E-state index is -4.58. The second-order valence-corrected chi connectivity index (χ2v) is 5.77. The molecule has 9 heteroatoms. The highest BCUT2D eigenvalue weighted by molar-refractivity contribution is 7.93. The molecule has 1 aliphatic rings. The lowest BCUT2D eigenvalue weighted by molar-refractivity contribution is -0.112. The maximum Gasteiger partial charge on any atom is 0.371 e. The van der Waals surface area contributed by atoms with Crippen molar-refractivity contribution in [3.05, 3.63) is 17.5 Å². The zero-order chi connectivity index (χ0) is 13.8. The van der Waals surface area contributed by atoms with Gasteiger partial charge in [0, 0.05) is 25.4 Å². The second kappa shape index (κ2) is 5.89. The average Bonchev–Trinajstić information content (AvgIpc) is 2.71. The zero-order valence-corrected chi connectivity index (χ0v) is 10.5. The first kappa shape index (κ1) is 15.3. The lowest BCUT2D eigenvalue weighted by atomic mass is 10.6. The molecule has 0 spiro atoms. The number of nitrogens with zero attached hydrogens (tertiary/aromatic N) is 3. The van der Waals surface area contributed by atoms with Crippen LogP contribution in [0.15, 0.2) is 12.8 Å². The molecule has 0 aliphatic carbocycles. The SMILES string of the molecule is C=CN1CCN(CCS(=O)(=O)[N-]CC(F)(F)F)C1. The van der Waals surface area contributed by atoms with Gasteiger partial charge in [0.1, 0.15) is 0 Å². The van der Waals surface area contributed by atoms with Crippen LogP contribution in [-0.4, -0.2) is 63.0 Å². The molecule has 0 aromatic carbocycles. The molecular formula is C9H15F3N3O2S-. The van der Waals surface area contributed by atoms with Gasteiger partial charge in [-0.3, -0.25) is 4.90 Å². The van der Waals surface area contributed by atoms with Crippen molar-refractivity contribution in [1.82, 2.24) is 9.80 Å². The first-order valence-corrected chi connectivity index (χ1v) is 6.90. The quantitative estimate of drug-likeness (QED) is 0.730. The van der Waals surface area contributed by atoms with Crippen LogP contribution in [0.4, 0.5) is 13.2 Å². The van der Waals surface area contributed by atoms with E-state index in [1.165, 1.54) is 0 Å². The van der Waals surface area contributed by atoms with Crippen LogP contribution in [0.3, 0.4) is 0 Å². The van der Waals surface area contributed by atoms with Crippen LogP contribution in [0.25, 0.3) is 4.72 Å². The summed E-state index contributed by atoms with van der Waals surface area (Å²) in [6, 6.07) is 0. The number of rotatable bonds is 6. The molecule has 0 amide bonds. The Morgan fingerprint density at radius 2 is 2.00 bits per heavy atom. The van der Waals surface area contributed by atoms with Gasteiger partial charge in [0.25, 0.3) is 0 Å². The molecule has 0 aromatic heterocycles. The molecule has 1 heterocycles. The van der Waals surface area contributed by atoms with E-state index < -0.39 is 28.5 Å². The molecule has 0 saturated carbocycles. The van der Waals surface area contributed by atoms with Crippen molar-refractivity contribution in [1.29, 1.82) is 0 Å². The molecule has 1 fully saturated rings. The Balaban J connectivity index is 2.32. The van der Waals surface area contributed by atoms with Crippen LogP contribution >= 0.6 is 0 Å². The molecule has 1 rings (SSSR count). The van der Waals surface area contributed by atoms with Crippen LogP contribution in [-0.2, 0) is 10.0 Å². The number of alkyl halides is 3.